The first-order valence-electron chi connectivity index (χ1n) is 6.30. The standard InChI is InChI=1S/C16H15BrN2/c1-11-6-7-16-13(8-11)9-18-10-19(16)15-5-3-4-14(17)12(15)2/h3-9H,10H2,1-2H3. The normalized spacial score (nSPS) is 13.5. The fraction of sp³-hybridized carbons (Fsp3) is 0.188. The largest absolute Gasteiger partial charge is 0.321 e. The van der Waals surface area contributed by atoms with Crippen LogP contribution in [0.1, 0.15) is 16.7 Å². The van der Waals surface area contributed by atoms with Crippen LogP contribution in [0.25, 0.3) is 0 Å². The van der Waals surface area contributed by atoms with Crippen LogP contribution in [0, 0.1) is 13.8 Å². The molecule has 0 atom stereocenters. The molecule has 3 heteroatoms. The van der Waals surface area contributed by atoms with E-state index in [4.69, 9.17) is 0 Å². The van der Waals surface area contributed by atoms with Crippen LogP contribution in [0.2, 0.25) is 0 Å². The Kier molecular flexibility index (Phi) is 3.15. The molecule has 1 aliphatic heterocycles. The van der Waals surface area contributed by atoms with Gasteiger partial charge in [0.05, 0.1) is 5.69 Å². The smallest absolute Gasteiger partial charge is 0.114 e. The molecule has 1 aliphatic rings. The number of rotatable bonds is 1. The number of benzene rings is 2. The number of hydrogen-bond acceptors (Lipinski definition) is 2. The molecule has 0 unspecified atom stereocenters. The van der Waals surface area contributed by atoms with Gasteiger partial charge < -0.3 is 4.90 Å². The molecule has 1 heterocycles. The van der Waals surface area contributed by atoms with Gasteiger partial charge in [0.15, 0.2) is 0 Å². The van der Waals surface area contributed by atoms with Gasteiger partial charge in [0, 0.05) is 21.9 Å². The van der Waals surface area contributed by atoms with Crippen LogP contribution in [0.5, 0.6) is 0 Å². The zero-order valence-electron chi connectivity index (χ0n) is 11.0. The number of halogens is 1. The third-order valence-electron chi connectivity index (χ3n) is 3.46. The summed E-state index contributed by atoms with van der Waals surface area (Å²) in [7, 11) is 0. The lowest BCUT2D eigenvalue weighted by atomic mass is 10.1. The minimum atomic E-state index is 0.674. The summed E-state index contributed by atoms with van der Waals surface area (Å²) in [6.45, 7) is 4.91. The average molecular weight is 315 g/mol. The molecule has 0 fully saturated rings. The van der Waals surface area contributed by atoms with Gasteiger partial charge in [-0.15, -0.1) is 0 Å². The van der Waals surface area contributed by atoms with E-state index in [1.54, 1.807) is 0 Å². The first-order valence-corrected chi connectivity index (χ1v) is 7.09. The van der Waals surface area contributed by atoms with Crippen molar-refractivity contribution in [3.8, 4) is 0 Å². The Morgan fingerprint density at radius 2 is 1.95 bits per heavy atom. The Labute approximate surface area is 121 Å². The van der Waals surface area contributed by atoms with Crippen molar-refractivity contribution in [2.75, 3.05) is 11.6 Å². The maximum Gasteiger partial charge on any atom is 0.114 e. The van der Waals surface area contributed by atoms with Crippen molar-refractivity contribution in [3.05, 3.63) is 57.6 Å². The first-order chi connectivity index (χ1) is 9.16. The Balaban J connectivity index is 2.13. The maximum atomic E-state index is 4.47. The Morgan fingerprint density at radius 1 is 1.11 bits per heavy atom. The monoisotopic (exact) mass is 314 g/mol. The Morgan fingerprint density at radius 3 is 2.79 bits per heavy atom. The molecule has 19 heavy (non-hydrogen) atoms. The maximum absolute atomic E-state index is 4.47. The third-order valence-corrected chi connectivity index (χ3v) is 4.32. The molecule has 0 N–H and O–H groups in total. The van der Waals surface area contributed by atoms with Crippen LogP contribution in [0.3, 0.4) is 0 Å². The summed E-state index contributed by atoms with van der Waals surface area (Å²) >= 11 is 3.60. The van der Waals surface area contributed by atoms with Gasteiger partial charge in [-0.3, -0.25) is 4.99 Å². The van der Waals surface area contributed by atoms with Crippen LogP contribution in [-0.4, -0.2) is 12.9 Å². The number of hydrogen-bond donors (Lipinski definition) is 0. The summed E-state index contributed by atoms with van der Waals surface area (Å²) in [5, 5.41) is 0. The van der Waals surface area contributed by atoms with Crippen molar-refractivity contribution >= 4 is 33.5 Å². The summed E-state index contributed by atoms with van der Waals surface area (Å²) in [6.07, 6.45) is 1.96. The van der Waals surface area contributed by atoms with Crippen LogP contribution >= 0.6 is 15.9 Å². The van der Waals surface area contributed by atoms with E-state index in [-0.39, 0.29) is 0 Å². The molecule has 0 saturated heterocycles. The van der Waals surface area contributed by atoms with E-state index in [0.717, 1.165) is 4.47 Å². The summed E-state index contributed by atoms with van der Waals surface area (Å²) in [5.74, 6) is 0. The predicted octanol–water partition coefficient (Wildman–Crippen LogP) is 4.59. The fourth-order valence-corrected chi connectivity index (χ4v) is 2.77. The minimum absolute atomic E-state index is 0.674. The van der Waals surface area contributed by atoms with E-state index in [1.165, 1.54) is 28.1 Å². The van der Waals surface area contributed by atoms with E-state index in [1.807, 2.05) is 6.21 Å². The Hall–Kier alpha value is -1.61. The quantitative estimate of drug-likeness (QED) is 0.751. The predicted molar refractivity (Wildman–Crippen MR) is 84.7 cm³/mol. The van der Waals surface area contributed by atoms with Crippen LogP contribution in [-0.2, 0) is 0 Å². The molecule has 2 nitrogen and oxygen atoms in total. The molecule has 0 saturated carbocycles. The van der Waals surface area contributed by atoms with Crippen LogP contribution < -0.4 is 4.90 Å². The number of aliphatic imine (C=N–C) groups is 1. The van der Waals surface area contributed by atoms with E-state index in [2.05, 4.69) is 76.1 Å². The van der Waals surface area contributed by atoms with Crippen LogP contribution in [0.15, 0.2) is 45.9 Å². The molecule has 3 rings (SSSR count). The molecule has 2 aromatic carbocycles. The van der Waals surface area contributed by atoms with E-state index < -0.39 is 0 Å². The van der Waals surface area contributed by atoms with Crippen molar-refractivity contribution in [1.29, 1.82) is 0 Å². The highest BCUT2D eigenvalue weighted by atomic mass is 79.9. The lowest BCUT2D eigenvalue weighted by molar-refractivity contribution is 0.963. The Bertz CT molecular complexity index is 662. The van der Waals surface area contributed by atoms with Crippen molar-refractivity contribution in [2.45, 2.75) is 13.8 Å². The number of aryl methyl sites for hydroxylation is 1. The molecule has 0 spiro atoms. The highest BCUT2D eigenvalue weighted by Gasteiger charge is 2.17. The van der Waals surface area contributed by atoms with Gasteiger partial charge in [-0.25, -0.2) is 0 Å². The van der Waals surface area contributed by atoms with Gasteiger partial charge in [-0.1, -0.05) is 33.6 Å². The SMILES string of the molecule is Cc1ccc2c(c1)C=NCN2c1cccc(Br)c1C. The van der Waals surface area contributed by atoms with Crippen molar-refractivity contribution in [1.82, 2.24) is 0 Å². The molecular formula is C16H15BrN2. The van der Waals surface area contributed by atoms with Crippen molar-refractivity contribution in [3.63, 3.8) is 0 Å². The molecule has 0 aliphatic carbocycles. The highest BCUT2D eigenvalue weighted by molar-refractivity contribution is 9.10. The lowest BCUT2D eigenvalue weighted by Gasteiger charge is -2.29. The minimum Gasteiger partial charge on any atom is -0.321 e. The lowest BCUT2D eigenvalue weighted by Crippen LogP contribution is -2.22. The van der Waals surface area contributed by atoms with Gasteiger partial charge in [0.25, 0.3) is 0 Å². The van der Waals surface area contributed by atoms with Gasteiger partial charge in [0.2, 0.25) is 0 Å². The van der Waals surface area contributed by atoms with E-state index in [0.29, 0.717) is 6.67 Å². The molecule has 0 radical (unpaired) electrons. The fourth-order valence-electron chi connectivity index (χ4n) is 2.41. The zero-order chi connectivity index (χ0) is 13.4. The highest BCUT2D eigenvalue weighted by Crippen LogP contribution is 2.35. The van der Waals surface area contributed by atoms with Gasteiger partial charge in [-0.05, 0) is 43.7 Å². The number of fused-ring (bicyclic) bond motifs is 1. The second-order valence-electron chi connectivity index (χ2n) is 4.83. The van der Waals surface area contributed by atoms with E-state index in [9.17, 15) is 0 Å². The number of anilines is 2. The van der Waals surface area contributed by atoms with Gasteiger partial charge in [0.1, 0.15) is 6.67 Å². The van der Waals surface area contributed by atoms with Crippen LogP contribution in [0.4, 0.5) is 11.4 Å². The summed E-state index contributed by atoms with van der Waals surface area (Å²) in [5.41, 5.74) is 6.12. The van der Waals surface area contributed by atoms with Crippen molar-refractivity contribution in [2.24, 2.45) is 4.99 Å². The van der Waals surface area contributed by atoms with Gasteiger partial charge >= 0.3 is 0 Å². The second kappa shape index (κ2) is 4.82. The topological polar surface area (TPSA) is 15.6 Å². The van der Waals surface area contributed by atoms with Gasteiger partial charge in [-0.2, -0.15) is 0 Å². The zero-order valence-corrected chi connectivity index (χ0v) is 12.6. The van der Waals surface area contributed by atoms with E-state index >= 15 is 0 Å². The summed E-state index contributed by atoms with van der Waals surface area (Å²) < 4.78 is 1.13. The molecular weight excluding hydrogens is 300 g/mol. The summed E-state index contributed by atoms with van der Waals surface area (Å²) in [4.78, 5) is 6.73. The third kappa shape index (κ3) is 2.19. The molecule has 0 bridgehead atoms. The number of nitrogens with zero attached hydrogens (tertiary/aromatic N) is 2. The average Bonchev–Trinajstić information content (AvgIpc) is 2.41. The molecule has 0 aromatic heterocycles. The first kappa shape index (κ1) is 12.4. The molecule has 0 amide bonds. The second-order valence-corrected chi connectivity index (χ2v) is 5.68. The van der Waals surface area contributed by atoms with Crippen molar-refractivity contribution < 1.29 is 0 Å². The molecule has 96 valence electrons. The molecule has 2 aromatic rings. The summed E-state index contributed by atoms with van der Waals surface area (Å²) in [6, 6.07) is 12.8.